The fourth-order valence-electron chi connectivity index (χ4n) is 2.28. The van der Waals surface area contributed by atoms with Gasteiger partial charge in [-0.3, -0.25) is 0 Å². The summed E-state index contributed by atoms with van der Waals surface area (Å²) in [5.41, 5.74) is 2.24. The van der Waals surface area contributed by atoms with Crippen molar-refractivity contribution in [1.29, 1.82) is 0 Å². The lowest BCUT2D eigenvalue weighted by Gasteiger charge is -2.38. The maximum absolute atomic E-state index is 5.96. The van der Waals surface area contributed by atoms with Crippen LogP contribution in [0.25, 0.3) is 0 Å². The monoisotopic (exact) mass is 218 g/mol. The molecule has 0 unspecified atom stereocenters. The van der Waals surface area contributed by atoms with Gasteiger partial charge in [0.15, 0.2) is 0 Å². The van der Waals surface area contributed by atoms with Crippen molar-refractivity contribution >= 4 is 12.6 Å². The highest BCUT2D eigenvalue weighted by Crippen LogP contribution is 2.25. The molecule has 2 rings (SSSR count). The summed E-state index contributed by atoms with van der Waals surface area (Å²) in [6.07, 6.45) is 1.18. The van der Waals surface area contributed by atoms with Gasteiger partial charge in [-0.25, -0.2) is 0 Å². The highest BCUT2D eigenvalue weighted by Gasteiger charge is 2.37. The van der Waals surface area contributed by atoms with Gasteiger partial charge in [0, 0.05) is 6.10 Å². The van der Waals surface area contributed by atoms with Crippen LogP contribution >= 0.6 is 0 Å². The lowest BCUT2D eigenvalue weighted by atomic mass is 9.74. The highest BCUT2D eigenvalue weighted by molar-refractivity contribution is 6.61. The first-order chi connectivity index (χ1) is 7.46. The van der Waals surface area contributed by atoms with Crippen LogP contribution in [0.5, 0.6) is 0 Å². The summed E-state index contributed by atoms with van der Waals surface area (Å²) in [7, 11) is -0.223. The average molecular weight is 218 g/mol. The molecule has 1 atom stereocenters. The number of aryl methyl sites for hydroxylation is 1. The van der Waals surface area contributed by atoms with E-state index in [1.165, 1.54) is 5.56 Å². The van der Waals surface area contributed by atoms with Gasteiger partial charge in [0.05, 0.1) is 5.60 Å². The molecular formula is C13H19BO2. The standard InChI is InChI=1S/C13H19BO2/c1-10-6-5-7-12(8-10)14-15-11(2)9-13(3,4)16-14/h5-8,11H,9H2,1-4H3/t11-/m0/s1. The van der Waals surface area contributed by atoms with Crippen LogP contribution in [-0.2, 0) is 9.31 Å². The van der Waals surface area contributed by atoms with Crippen LogP contribution < -0.4 is 5.46 Å². The van der Waals surface area contributed by atoms with E-state index in [2.05, 4.69) is 45.9 Å². The summed E-state index contributed by atoms with van der Waals surface area (Å²) < 4.78 is 11.8. The minimum atomic E-state index is -0.223. The van der Waals surface area contributed by atoms with Crippen LogP contribution in [0.2, 0.25) is 0 Å². The highest BCUT2D eigenvalue weighted by atomic mass is 16.6. The molecule has 0 aromatic heterocycles. The molecule has 2 nitrogen and oxygen atoms in total. The molecule has 1 heterocycles. The SMILES string of the molecule is Cc1cccc(B2O[C@@H](C)CC(C)(C)O2)c1. The number of benzene rings is 1. The zero-order valence-corrected chi connectivity index (χ0v) is 10.5. The molecule has 1 aliphatic rings. The molecule has 16 heavy (non-hydrogen) atoms. The summed E-state index contributed by atoms with van der Waals surface area (Å²) in [5, 5.41) is 0. The molecule has 1 aromatic rings. The minimum Gasteiger partial charge on any atom is -0.405 e. The van der Waals surface area contributed by atoms with Crippen LogP contribution in [0.15, 0.2) is 24.3 Å². The van der Waals surface area contributed by atoms with Crippen LogP contribution in [0.4, 0.5) is 0 Å². The third-order valence-electron chi connectivity index (χ3n) is 2.88. The van der Waals surface area contributed by atoms with Crippen LogP contribution in [0, 0.1) is 6.92 Å². The van der Waals surface area contributed by atoms with E-state index in [-0.39, 0.29) is 18.8 Å². The van der Waals surface area contributed by atoms with Gasteiger partial charge in [-0.05, 0) is 39.6 Å². The van der Waals surface area contributed by atoms with Gasteiger partial charge < -0.3 is 9.31 Å². The summed E-state index contributed by atoms with van der Waals surface area (Å²) in [6, 6.07) is 8.31. The lowest BCUT2D eigenvalue weighted by molar-refractivity contribution is -0.0229. The van der Waals surface area contributed by atoms with Crippen molar-refractivity contribution < 1.29 is 9.31 Å². The predicted octanol–water partition coefficient (Wildman–Crippen LogP) is 2.29. The average Bonchev–Trinajstić information content (AvgIpc) is 2.14. The van der Waals surface area contributed by atoms with Crippen LogP contribution in [0.1, 0.15) is 32.8 Å². The molecular weight excluding hydrogens is 199 g/mol. The fourth-order valence-corrected chi connectivity index (χ4v) is 2.28. The molecule has 0 bridgehead atoms. The molecule has 0 saturated carbocycles. The van der Waals surface area contributed by atoms with Crippen molar-refractivity contribution in [1.82, 2.24) is 0 Å². The van der Waals surface area contributed by atoms with Crippen molar-refractivity contribution in [3.8, 4) is 0 Å². The Kier molecular flexibility index (Phi) is 3.09. The topological polar surface area (TPSA) is 18.5 Å². The Morgan fingerprint density at radius 3 is 2.75 bits per heavy atom. The van der Waals surface area contributed by atoms with E-state index in [1.54, 1.807) is 0 Å². The van der Waals surface area contributed by atoms with E-state index in [0.717, 1.165) is 11.9 Å². The van der Waals surface area contributed by atoms with E-state index in [9.17, 15) is 0 Å². The molecule has 0 aliphatic carbocycles. The first-order valence-corrected chi connectivity index (χ1v) is 5.86. The third-order valence-corrected chi connectivity index (χ3v) is 2.88. The van der Waals surface area contributed by atoms with Crippen molar-refractivity contribution in [3.05, 3.63) is 29.8 Å². The van der Waals surface area contributed by atoms with E-state index in [1.807, 2.05) is 6.07 Å². The third kappa shape index (κ3) is 2.66. The summed E-state index contributed by atoms with van der Waals surface area (Å²) in [6.45, 7) is 8.43. The van der Waals surface area contributed by atoms with Crippen molar-refractivity contribution in [2.75, 3.05) is 0 Å². The second-order valence-corrected chi connectivity index (χ2v) is 5.27. The Morgan fingerprint density at radius 1 is 1.38 bits per heavy atom. The van der Waals surface area contributed by atoms with Crippen molar-refractivity contribution in [2.24, 2.45) is 0 Å². The zero-order chi connectivity index (χ0) is 11.8. The fraction of sp³-hybridized carbons (Fsp3) is 0.538. The van der Waals surface area contributed by atoms with Gasteiger partial charge in [-0.1, -0.05) is 29.8 Å². The van der Waals surface area contributed by atoms with Gasteiger partial charge in [0.2, 0.25) is 0 Å². The summed E-state index contributed by atoms with van der Waals surface area (Å²) >= 11 is 0. The maximum Gasteiger partial charge on any atom is 0.494 e. The second kappa shape index (κ2) is 4.23. The Balaban J connectivity index is 2.21. The number of rotatable bonds is 1. The Labute approximate surface area is 98.1 Å². The predicted molar refractivity (Wildman–Crippen MR) is 66.9 cm³/mol. The van der Waals surface area contributed by atoms with E-state index in [4.69, 9.17) is 9.31 Å². The van der Waals surface area contributed by atoms with Gasteiger partial charge >= 0.3 is 7.12 Å². The Morgan fingerprint density at radius 2 is 2.12 bits per heavy atom. The van der Waals surface area contributed by atoms with Crippen molar-refractivity contribution in [2.45, 2.75) is 45.8 Å². The summed E-state index contributed by atoms with van der Waals surface area (Å²) in [5.74, 6) is 0. The molecule has 3 heteroatoms. The number of hydrogen-bond donors (Lipinski definition) is 0. The molecule has 0 radical (unpaired) electrons. The van der Waals surface area contributed by atoms with Gasteiger partial charge in [0.1, 0.15) is 0 Å². The molecule has 86 valence electrons. The largest absolute Gasteiger partial charge is 0.494 e. The minimum absolute atomic E-state index is 0.105. The first kappa shape index (κ1) is 11.7. The molecule has 0 spiro atoms. The second-order valence-electron chi connectivity index (χ2n) is 5.27. The first-order valence-electron chi connectivity index (χ1n) is 5.86. The number of hydrogen-bond acceptors (Lipinski definition) is 2. The maximum atomic E-state index is 5.96. The van der Waals surface area contributed by atoms with Gasteiger partial charge in [-0.15, -0.1) is 0 Å². The molecule has 0 N–H and O–H groups in total. The van der Waals surface area contributed by atoms with Crippen molar-refractivity contribution in [3.63, 3.8) is 0 Å². The summed E-state index contributed by atoms with van der Waals surface area (Å²) in [4.78, 5) is 0. The van der Waals surface area contributed by atoms with Gasteiger partial charge in [-0.2, -0.15) is 0 Å². The zero-order valence-electron chi connectivity index (χ0n) is 10.5. The van der Waals surface area contributed by atoms with E-state index < -0.39 is 0 Å². The smallest absolute Gasteiger partial charge is 0.405 e. The normalized spacial score (nSPS) is 24.5. The molecule has 1 fully saturated rings. The molecule has 0 amide bonds. The van der Waals surface area contributed by atoms with Gasteiger partial charge in [0.25, 0.3) is 0 Å². The van der Waals surface area contributed by atoms with E-state index >= 15 is 0 Å². The van der Waals surface area contributed by atoms with Crippen LogP contribution in [-0.4, -0.2) is 18.8 Å². The molecule has 1 aliphatic heterocycles. The quantitative estimate of drug-likeness (QED) is 0.673. The Hall–Kier alpha value is -0.795. The van der Waals surface area contributed by atoms with E-state index in [0.29, 0.717) is 0 Å². The molecule has 1 aromatic carbocycles. The van der Waals surface area contributed by atoms with Crippen LogP contribution in [0.3, 0.4) is 0 Å². The Bertz CT molecular complexity index is 376. The molecule has 1 saturated heterocycles. The lowest BCUT2D eigenvalue weighted by Crippen LogP contribution is -2.51.